The maximum atomic E-state index is 14.2. The van der Waals surface area contributed by atoms with Crippen LogP contribution in [0.2, 0.25) is 16.9 Å². The van der Waals surface area contributed by atoms with Gasteiger partial charge in [0.15, 0.2) is 23.0 Å². The normalized spacial score (nSPS) is 11.5. The van der Waals surface area contributed by atoms with Crippen LogP contribution in [-0.2, 0) is 4.65 Å². The van der Waals surface area contributed by atoms with Crippen LogP contribution in [0, 0.1) is 5.82 Å². The van der Waals surface area contributed by atoms with Crippen LogP contribution in [0.15, 0.2) is 67.0 Å². The first-order valence-corrected chi connectivity index (χ1v) is 12.3. The zero-order valence-corrected chi connectivity index (χ0v) is 22.2. The number of hydrogen-bond donors (Lipinski definition) is 2. The van der Waals surface area contributed by atoms with Gasteiger partial charge in [-0.1, -0.05) is 30.0 Å². The molecule has 0 bridgehead atoms. The highest BCUT2D eigenvalue weighted by atomic mass is 35.5. The summed E-state index contributed by atoms with van der Waals surface area (Å²) in [5, 5.41) is 10.3. The van der Waals surface area contributed by atoms with Crippen molar-refractivity contribution in [2.45, 2.75) is 12.8 Å². The van der Waals surface area contributed by atoms with Gasteiger partial charge in [0.1, 0.15) is 11.8 Å². The van der Waals surface area contributed by atoms with E-state index >= 15 is 0 Å². The maximum Gasteiger partial charge on any atom is 0.338 e. The molecule has 1 amide bonds. The van der Waals surface area contributed by atoms with E-state index in [0.717, 1.165) is 6.07 Å². The second-order valence-electron chi connectivity index (χ2n) is 8.31. The van der Waals surface area contributed by atoms with Gasteiger partial charge in [0, 0.05) is 53.0 Å². The Morgan fingerprint density at radius 1 is 1.03 bits per heavy atom. The number of halogens is 3. The molecular weight excluding hydrogens is 547 g/mol. The Labute approximate surface area is 233 Å². The summed E-state index contributed by atoms with van der Waals surface area (Å²) in [7, 11) is 1.44. The first-order chi connectivity index (χ1) is 18.7. The lowest BCUT2D eigenvalue weighted by atomic mass is 9.62. The topological polar surface area (TPSA) is 129 Å². The Morgan fingerprint density at radius 2 is 1.69 bits per heavy atom. The molecule has 0 fully saturated rings. The van der Waals surface area contributed by atoms with Gasteiger partial charge in [-0.3, -0.25) is 14.6 Å². The number of benzene rings is 2. The zero-order valence-electron chi connectivity index (χ0n) is 20.7. The van der Waals surface area contributed by atoms with Crippen molar-refractivity contribution in [3.8, 4) is 5.75 Å². The zero-order chi connectivity index (χ0) is 28.1. The number of hydrogen-bond acceptors (Lipinski definition) is 8. The van der Waals surface area contributed by atoms with Gasteiger partial charge < -0.3 is 20.4 Å². The van der Waals surface area contributed by atoms with Crippen LogP contribution < -0.4 is 15.8 Å². The Morgan fingerprint density at radius 3 is 2.36 bits per heavy atom. The Hall–Kier alpha value is -4.06. The number of pyridine rings is 1. The molecule has 0 radical (unpaired) electrons. The summed E-state index contributed by atoms with van der Waals surface area (Å²) in [6, 6.07) is 12.3. The first kappa shape index (κ1) is 28.0. The molecule has 3 N–H and O–H groups in total. The molecule has 4 rings (SSSR count). The predicted octanol–water partition coefficient (Wildman–Crippen LogP) is 5.31. The molecule has 39 heavy (non-hydrogen) atoms. The number of amides is 1. The van der Waals surface area contributed by atoms with Crippen molar-refractivity contribution in [3.63, 3.8) is 0 Å². The summed E-state index contributed by atoms with van der Waals surface area (Å²) in [4.78, 5) is 29.4. The summed E-state index contributed by atoms with van der Waals surface area (Å²) in [5.41, 5.74) is 7.34. The van der Waals surface area contributed by atoms with Crippen molar-refractivity contribution in [3.05, 3.63) is 105 Å². The number of nitrogen functional groups attached to an aromatic ring is 1. The highest BCUT2D eigenvalue weighted by Crippen LogP contribution is 2.37. The van der Waals surface area contributed by atoms with Gasteiger partial charge in [-0.25, -0.2) is 4.39 Å². The number of carbonyl (C=O) groups is 2. The molecule has 13 heteroatoms. The van der Waals surface area contributed by atoms with Crippen LogP contribution in [0.5, 0.6) is 5.75 Å². The molecule has 2 aromatic heterocycles. The van der Waals surface area contributed by atoms with E-state index in [2.05, 4.69) is 20.5 Å². The summed E-state index contributed by atoms with van der Waals surface area (Å²) in [6.07, 6.45) is 3.07. The average molecular weight is 568 g/mol. The van der Waals surface area contributed by atoms with E-state index in [1.807, 2.05) is 0 Å². The lowest BCUT2D eigenvalue weighted by molar-refractivity contribution is 0.101. The first-order valence-electron chi connectivity index (χ1n) is 11.5. The monoisotopic (exact) mass is 567 g/mol. The average Bonchev–Trinajstić information content (AvgIpc) is 2.95. The van der Waals surface area contributed by atoms with Gasteiger partial charge in [0.05, 0.1) is 5.02 Å². The van der Waals surface area contributed by atoms with Gasteiger partial charge in [-0.05, 0) is 48.5 Å². The predicted molar refractivity (Wildman–Crippen MR) is 147 cm³/mol. The van der Waals surface area contributed by atoms with Crippen molar-refractivity contribution in [1.82, 2.24) is 15.2 Å². The lowest BCUT2D eigenvalue weighted by Crippen LogP contribution is -2.29. The standard InChI is InChI=1S/C26H21BCl2FN5O4/c1-27(38-2)24(21-17(28)7-8-18(30)22(21)29)39-20-13-19(34-35-25(20)31)26(37)33-16-5-3-14(4-6-16)23(36)15-9-11-32-12-10-15/h3-13,24H,1-2H3,(H2,31,35)(H,33,37). The van der Waals surface area contributed by atoms with Crippen molar-refractivity contribution in [2.75, 3.05) is 18.2 Å². The summed E-state index contributed by atoms with van der Waals surface area (Å²) >= 11 is 12.5. The molecule has 0 aliphatic carbocycles. The fraction of sp³-hybridized carbons (Fsp3) is 0.115. The van der Waals surface area contributed by atoms with Crippen LogP contribution in [0.3, 0.4) is 0 Å². The summed E-state index contributed by atoms with van der Waals surface area (Å²) in [6.45, 7) is 1.02. The smallest absolute Gasteiger partial charge is 0.338 e. The Kier molecular flexibility index (Phi) is 8.75. The minimum absolute atomic E-state index is 0.0151. The summed E-state index contributed by atoms with van der Waals surface area (Å²) < 4.78 is 25.6. The van der Waals surface area contributed by atoms with Gasteiger partial charge >= 0.3 is 6.92 Å². The third-order valence-corrected chi connectivity index (χ3v) is 6.50. The van der Waals surface area contributed by atoms with Crippen molar-refractivity contribution in [2.24, 2.45) is 0 Å². The van der Waals surface area contributed by atoms with Crippen molar-refractivity contribution < 1.29 is 23.4 Å². The van der Waals surface area contributed by atoms with E-state index in [9.17, 15) is 14.0 Å². The third kappa shape index (κ3) is 6.34. The SMILES string of the molecule is COB(C)C(Oc1cc(C(=O)Nc2ccc(C(=O)c3ccncc3)cc2)nnc1N)c1c(Cl)ccc(F)c1Cl. The maximum absolute atomic E-state index is 14.2. The molecule has 0 aliphatic rings. The number of rotatable bonds is 9. The molecule has 0 saturated heterocycles. The van der Waals surface area contributed by atoms with Crippen molar-refractivity contribution >= 4 is 53.3 Å². The number of ketones is 1. The third-order valence-electron chi connectivity index (χ3n) is 5.78. The highest BCUT2D eigenvalue weighted by Gasteiger charge is 2.32. The van der Waals surface area contributed by atoms with Crippen LogP contribution in [0.1, 0.15) is 38.0 Å². The molecule has 9 nitrogen and oxygen atoms in total. The number of nitrogens with zero attached hydrogens (tertiary/aromatic N) is 3. The van der Waals surface area contributed by atoms with Gasteiger partial charge in [0.2, 0.25) is 0 Å². The van der Waals surface area contributed by atoms with Gasteiger partial charge in [-0.15, -0.1) is 10.2 Å². The highest BCUT2D eigenvalue weighted by molar-refractivity contribution is 6.52. The Balaban J connectivity index is 1.55. The number of nitrogens with one attached hydrogen (secondary N) is 1. The van der Waals surface area contributed by atoms with Crippen LogP contribution in [-0.4, -0.2) is 40.9 Å². The molecule has 2 aromatic carbocycles. The van der Waals surface area contributed by atoms with E-state index in [-0.39, 0.29) is 38.7 Å². The number of carbonyl (C=O) groups excluding carboxylic acids is 2. The molecule has 2 heterocycles. The van der Waals surface area contributed by atoms with Gasteiger partial charge in [0.25, 0.3) is 5.91 Å². The summed E-state index contributed by atoms with van der Waals surface area (Å²) in [5.74, 6) is -1.62. The molecule has 198 valence electrons. The van der Waals surface area contributed by atoms with E-state index in [1.165, 1.54) is 31.6 Å². The van der Waals surface area contributed by atoms with E-state index in [0.29, 0.717) is 16.8 Å². The minimum atomic E-state index is -1.00. The molecule has 0 spiro atoms. The number of anilines is 2. The molecule has 4 aromatic rings. The van der Waals surface area contributed by atoms with Gasteiger partial charge in [-0.2, -0.15) is 0 Å². The van der Waals surface area contributed by atoms with E-state index in [1.54, 1.807) is 43.2 Å². The second-order valence-corrected chi connectivity index (χ2v) is 9.10. The second kappa shape index (κ2) is 12.2. The quantitative estimate of drug-likeness (QED) is 0.158. The van der Waals surface area contributed by atoms with Crippen LogP contribution in [0.4, 0.5) is 15.9 Å². The van der Waals surface area contributed by atoms with Crippen molar-refractivity contribution in [1.29, 1.82) is 0 Å². The number of nitrogens with two attached hydrogens (primary N) is 1. The lowest BCUT2D eigenvalue weighted by Gasteiger charge is -2.24. The minimum Gasteiger partial charge on any atom is -0.487 e. The van der Waals surface area contributed by atoms with Crippen LogP contribution >= 0.6 is 23.2 Å². The molecule has 0 aliphatic heterocycles. The molecule has 0 saturated carbocycles. The van der Waals surface area contributed by atoms with E-state index in [4.69, 9.17) is 38.3 Å². The number of aromatic nitrogens is 3. The largest absolute Gasteiger partial charge is 0.487 e. The number of ether oxygens (including phenoxy) is 1. The molecule has 1 atom stereocenters. The van der Waals surface area contributed by atoms with E-state index < -0.39 is 24.6 Å². The fourth-order valence-corrected chi connectivity index (χ4v) is 4.20. The molecular formula is C26H21BCl2FN5O4. The Bertz CT molecular complexity index is 1510. The van der Waals surface area contributed by atoms with Crippen LogP contribution in [0.25, 0.3) is 0 Å². The fourth-order valence-electron chi connectivity index (χ4n) is 3.61. The molecule has 1 unspecified atom stereocenters.